The largest absolute Gasteiger partial charge is 0.491 e. The van der Waals surface area contributed by atoms with E-state index in [0.29, 0.717) is 19.8 Å². The van der Waals surface area contributed by atoms with E-state index in [1.807, 2.05) is 41.2 Å². The lowest BCUT2D eigenvalue weighted by Crippen LogP contribution is -2.38. The fraction of sp³-hybridized carbons (Fsp3) is 0.474. The van der Waals surface area contributed by atoms with Gasteiger partial charge in [0.2, 0.25) is 0 Å². The van der Waals surface area contributed by atoms with Gasteiger partial charge in [-0.25, -0.2) is 4.99 Å². The molecule has 0 fully saturated rings. The molecule has 0 spiro atoms. The van der Waals surface area contributed by atoms with E-state index < -0.39 is 0 Å². The van der Waals surface area contributed by atoms with Crippen LogP contribution in [0.1, 0.15) is 18.9 Å². The zero-order chi connectivity index (χ0) is 18.5. The lowest BCUT2D eigenvalue weighted by atomic mass is 10.2. The third kappa shape index (κ3) is 9.62. The van der Waals surface area contributed by atoms with Crippen molar-refractivity contribution in [3.05, 3.63) is 48.3 Å². The predicted octanol–water partition coefficient (Wildman–Crippen LogP) is 2.67. The number of nitrogens with zero attached hydrogens (tertiary/aromatic N) is 3. The highest BCUT2D eigenvalue weighted by atomic mass is 127. The molecular formula is C19H30IN5O2. The van der Waals surface area contributed by atoms with Gasteiger partial charge >= 0.3 is 0 Å². The summed E-state index contributed by atoms with van der Waals surface area (Å²) >= 11 is 0. The van der Waals surface area contributed by atoms with E-state index in [0.717, 1.165) is 43.3 Å². The molecule has 1 aromatic heterocycles. The SMILES string of the molecule is CCNC(=NCc1cccc(OCCOC)c1)NCCCn1cccn1.I. The summed E-state index contributed by atoms with van der Waals surface area (Å²) in [4.78, 5) is 4.65. The van der Waals surface area contributed by atoms with Crippen LogP contribution in [0, 0.1) is 0 Å². The molecule has 8 heteroatoms. The van der Waals surface area contributed by atoms with Crippen molar-refractivity contribution in [3.63, 3.8) is 0 Å². The van der Waals surface area contributed by atoms with E-state index >= 15 is 0 Å². The molecule has 0 aliphatic rings. The maximum Gasteiger partial charge on any atom is 0.191 e. The van der Waals surface area contributed by atoms with Crippen molar-refractivity contribution in [1.29, 1.82) is 0 Å². The summed E-state index contributed by atoms with van der Waals surface area (Å²) in [6, 6.07) is 9.93. The average molecular weight is 487 g/mol. The number of halogens is 1. The Morgan fingerprint density at radius 2 is 2.11 bits per heavy atom. The predicted molar refractivity (Wildman–Crippen MR) is 119 cm³/mol. The Hall–Kier alpha value is -1.81. The van der Waals surface area contributed by atoms with Gasteiger partial charge in [-0.3, -0.25) is 4.68 Å². The first-order valence-electron chi connectivity index (χ1n) is 9.02. The molecule has 0 saturated heterocycles. The number of aromatic nitrogens is 2. The van der Waals surface area contributed by atoms with E-state index in [1.165, 1.54) is 0 Å². The Labute approximate surface area is 178 Å². The van der Waals surface area contributed by atoms with Crippen LogP contribution in [0.3, 0.4) is 0 Å². The summed E-state index contributed by atoms with van der Waals surface area (Å²) in [7, 11) is 1.67. The molecule has 0 saturated carbocycles. The Bertz CT molecular complexity index is 649. The van der Waals surface area contributed by atoms with Gasteiger partial charge in [-0.1, -0.05) is 12.1 Å². The first-order valence-corrected chi connectivity index (χ1v) is 9.02. The number of ether oxygens (including phenoxy) is 2. The molecule has 0 amide bonds. The first-order chi connectivity index (χ1) is 12.8. The number of aryl methyl sites for hydroxylation is 1. The molecule has 2 aromatic rings. The lowest BCUT2D eigenvalue weighted by molar-refractivity contribution is 0.146. The van der Waals surface area contributed by atoms with Gasteiger partial charge in [0, 0.05) is 39.1 Å². The third-order valence-electron chi connectivity index (χ3n) is 3.63. The second kappa shape index (κ2) is 14.3. The minimum Gasteiger partial charge on any atom is -0.491 e. The number of nitrogens with one attached hydrogen (secondary N) is 2. The average Bonchev–Trinajstić information content (AvgIpc) is 3.17. The number of methoxy groups -OCH3 is 1. The van der Waals surface area contributed by atoms with Gasteiger partial charge in [0.05, 0.1) is 13.2 Å². The van der Waals surface area contributed by atoms with E-state index in [2.05, 4.69) is 27.6 Å². The molecule has 0 bridgehead atoms. The Morgan fingerprint density at radius 3 is 2.85 bits per heavy atom. The minimum atomic E-state index is 0. The zero-order valence-corrected chi connectivity index (χ0v) is 18.4. The van der Waals surface area contributed by atoms with Crippen molar-refractivity contribution >= 4 is 29.9 Å². The summed E-state index contributed by atoms with van der Waals surface area (Å²) in [5, 5.41) is 10.8. The van der Waals surface area contributed by atoms with Crippen molar-refractivity contribution in [2.45, 2.75) is 26.4 Å². The number of hydrogen-bond donors (Lipinski definition) is 2. The molecule has 0 aliphatic carbocycles. The van der Waals surface area contributed by atoms with Crippen LogP contribution in [-0.2, 0) is 17.8 Å². The highest BCUT2D eigenvalue weighted by molar-refractivity contribution is 14.0. The number of benzene rings is 1. The van der Waals surface area contributed by atoms with Crippen molar-refractivity contribution in [2.75, 3.05) is 33.4 Å². The van der Waals surface area contributed by atoms with Gasteiger partial charge in [-0.15, -0.1) is 24.0 Å². The van der Waals surface area contributed by atoms with Crippen LogP contribution in [-0.4, -0.2) is 49.2 Å². The van der Waals surface area contributed by atoms with Crippen LogP contribution in [0.15, 0.2) is 47.7 Å². The highest BCUT2D eigenvalue weighted by Crippen LogP contribution is 2.14. The van der Waals surface area contributed by atoms with Crippen molar-refractivity contribution in [2.24, 2.45) is 4.99 Å². The standard InChI is InChI=1S/C19H29N5O2.HI/c1-3-20-19(21-9-5-11-24-12-6-10-23-24)22-16-17-7-4-8-18(15-17)26-14-13-25-2;/h4,6-8,10,12,15H,3,5,9,11,13-14,16H2,1-2H3,(H2,20,21,22);1H. The molecule has 7 nitrogen and oxygen atoms in total. The quantitative estimate of drug-likeness (QED) is 0.221. The first kappa shape index (κ1) is 23.2. The topological polar surface area (TPSA) is 72.7 Å². The summed E-state index contributed by atoms with van der Waals surface area (Å²) < 4.78 is 12.6. The molecule has 0 aliphatic heterocycles. The molecule has 0 unspecified atom stereocenters. The van der Waals surface area contributed by atoms with E-state index in [1.54, 1.807) is 13.3 Å². The van der Waals surface area contributed by atoms with E-state index in [-0.39, 0.29) is 24.0 Å². The van der Waals surface area contributed by atoms with E-state index in [9.17, 15) is 0 Å². The van der Waals surface area contributed by atoms with Crippen LogP contribution in [0.2, 0.25) is 0 Å². The zero-order valence-electron chi connectivity index (χ0n) is 16.1. The van der Waals surface area contributed by atoms with Crippen molar-refractivity contribution < 1.29 is 9.47 Å². The molecule has 1 aromatic carbocycles. The maximum atomic E-state index is 5.64. The summed E-state index contributed by atoms with van der Waals surface area (Å²) in [5.41, 5.74) is 1.11. The van der Waals surface area contributed by atoms with E-state index in [4.69, 9.17) is 9.47 Å². The Morgan fingerprint density at radius 1 is 1.22 bits per heavy atom. The Kier molecular flexibility index (Phi) is 12.3. The van der Waals surface area contributed by atoms with Crippen LogP contribution in [0.25, 0.3) is 0 Å². The van der Waals surface area contributed by atoms with Gasteiger partial charge in [0.1, 0.15) is 12.4 Å². The van der Waals surface area contributed by atoms with Crippen LogP contribution in [0.5, 0.6) is 5.75 Å². The molecule has 1 heterocycles. The van der Waals surface area contributed by atoms with Gasteiger partial charge in [-0.2, -0.15) is 5.10 Å². The summed E-state index contributed by atoms with van der Waals surface area (Å²) in [6.45, 7) is 6.33. The lowest BCUT2D eigenvalue weighted by Gasteiger charge is -2.12. The second-order valence-electron chi connectivity index (χ2n) is 5.73. The second-order valence-corrected chi connectivity index (χ2v) is 5.73. The highest BCUT2D eigenvalue weighted by Gasteiger charge is 2.00. The molecule has 27 heavy (non-hydrogen) atoms. The molecule has 0 atom stereocenters. The maximum absolute atomic E-state index is 5.64. The molecule has 2 N–H and O–H groups in total. The monoisotopic (exact) mass is 487 g/mol. The van der Waals surface area contributed by atoms with Crippen molar-refractivity contribution in [3.8, 4) is 5.75 Å². The van der Waals surface area contributed by atoms with Crippen LogP contribution in [0.4, 0.5) is 0 Å². The normalized spacial score (nSPS) is 11.0. The number of aliphatic imine (C=N–C) groups is 1. The fourth-order valence-corrected chi connectivity index (χ4v) is 2.37. The van der Waals surface area contributed by atoms with Crippen molar-refractivity contribution in [1.82, 2.24) is 20.4 Å². The van der Waals surface area contributed by atoms with Gasteiger partial charge in [0.15, 0.2) is 5.96 Å². The summed E-state index contributed by atoms with van der Waals surface area (Å²) in [6.07, 6.45) is 4.75. The molecule has 2 rings (SSSR count). The molecule has 0 radical (unpaired) electrons. The summed E-state index contributed by atoms with van der Waals surface area (Å²) in [5.74, 6) is 1.66. The van der Waals surface area contributed by atoms with Gasteiger partial charge in [0.25, 0.3) is 0 Å². The minimum absolute atomic E-state index is 0. The number of rotatable bonds is 11. The third-order valence-corrected chi connectivity index (χ3v) is 3.63. The van der Waals surface area contributed by atoms with Crippen LogP contribution >= 0.6 is 24.0 Å². The molecular weight excluding hydrogens is 457 g/mol. The fourth-order valence-electron chi connectivity index (χ4n) is 2.37. The smallest absolute Gasteiger partial charge is 0.191 e. The Balaban J connectivity index is 0.00000364. The van der Waals surface area contributed by atoms with Crippen LogP contribution < -0.4 is 15.4 Å². The van der Waals surface area contributed by atoms with Gasteiger partial charge in [-0.05, 0) is 37.1 Å². The molecule has 150 valence electrons. The van der Waals surface area contributed by atoms with Gasteiger partial charge < -0.3 is 20.1 Å². The number of hydrogen-bond acceptors (Lipinski definition) is 4. The number of guanidine groups is 1.